The van der Waals surface area contributed by atoms with Crippen molar-refractivity contribution in [2.75, 3.05) is 38.0 Å². The average Bonchev–Trinajstić information content (AvgIpc) is 2.75. The molecule has 0 fully saturated rings. The molecule has 1 unspecified atom stereocenters. The molecule has 3 rings (SSSR count). The van der Waals surface area contributed by atoms with Gasteiger partial charge >= 0.3 is 6.03 Å². The molecule has 1 N–H and O–H groups in total. The molecule has 30 heavy (non-hydrogen) atoms. The minimum Gasteiger partial charge on any atom is -0.495 e. The van der Waals surface area contributed by atoms with Gasteiger partial charge in [0.15, 0.2) is 5.82 Å². The normalized spacial score (nSPS) is 11.8. The maximum absolute atomic E-state index is 13.5. The molecule has 1 heterocycles. The van der Waals surface area contributed by atoms with Crippen LogP contribution in [0.4, 0.5) is 16.3 Å². The molecule has 0 saturated heterocycles. The van der Waals surface area contributed by atoms with Crippen molar-refractivity contribution in [1.82, 2.24) is 14.9 Å². The van der Waals surface area contributed by atoms with Crippen LogP contribution in [0, 0.1) is 6.92 Å². The van der Waals surface area contributed by atoms with Gasteiger partial charge in [-0.25, -0.2) is 9.78 Å². The van der Waals surface area contributed by atoms with Gasteiger partial charge in [0.1, 0.15) is 5.75 Å². The van der Waals surface area contributed by atoms with Crippen LogP contribution in [-0.4, -0.2) is 48.6 Å². The number of hydrogen-bond donors (Lipinski definition) is 1. The van der Waals surface area contributed by atoms with Gasteiger partial charge in [-0.05, 0) is 38.7 Å². The summed E-state index contributed by atoms with van der Waals surface area (Å²) in [4.78, 5) is 25.8. The van der Waals surface area contributed by atoms with Gasteiger partial charge in [0.2, 0.25) is 0 Å². The molecule has 7 nitrogen and oxygen atoms in total. The number of likely N-dealkylation sites (N-methyl/N-ethyl adjacent to an activating group) is 1. The smallest absolute Gasteiger partial charge is 0.328 e. The molecule has 1 aromatic heterocycles. The Morgan fingerprint density at radius 1 is 1.03 bits per heavy atom. The first-order valence-corrected chi connectivity index (χ1v) is 9.71. The standard InChI is InChI=1S/C23H27N5O2/c1-17-14-25-22(15-24-17)26-23(29)28(19-12-8-9-13-21(19)30-4)20(16-27(2)3)18-10-6-5-7-11-18/h5-15,20H,16H2,1-4H3,(H,25,26,29). The average molecular weight is 406 g/mol. The van der Waals surface area contributed by atoms with Crippen molar-refractivity contribution in [2.24, 2.45) is 0 Å². The lowest BCUT2D eigenvalue weighted by Gasteiger charge is -2.34. The van der Waals surface area contributed by atoms with Crippen molar-refractivity contribution in [3.05, 3.63) is 78.2 Å². The highest BCUT2D eigenvalue weighted by molar-refractivity contribution is 6.02. The first-order chi connectivity index (χ1) is 14.5. The molecule has 0 aliphatic heterocycles. The van der Waals surface area contributed by atoms with Crippen molar-refractivity contribution in [2.45, 2.75) is 13.0 Å². The van der Waals surface area contributed by atoms with Crippen LogP contribution in [0.5, 0.6) is 5.75 Å². The van der Waals surface area contributed by atoms with Crippen LogP contribution in [0.25, 0.3) is 0 Å². The predicted molar refractivity (Wildman–Crippen MR) is 119 cm³/mol. The number of nitrogens with zero attached hydrogens (tertiary/aromatic N) is 4. The van der Waals surface area contributed by atoms with Crippen LogP contribution < -0.4 is 15.0 Å². The van der Waals surface area contributed by atoms with Crippen LogP contribution in [0.1, 0.15) is 17.3 Å². The second-order valence-electron chi connectivity index (χ2n) is 7.20. The third-order valence-electron chi connectivity index (χ3n) is 4.61. The van der Waals surface area contributed by atoms with E-state index in [4.69, 9.17) is 4.74 Å². The molecule has 156 valence electrons. The molecule has 0 bridgehead atoms. The second-order valence-corrected chi connectivity index (χ2v) is 7.20. The number of ether oxygens (including phenoxy) is 1. The van der Waals surface area contributed by atoms with E-state index in [1.165, 1.54) is 0 Å². The number of methoxy groups -OCH3 is 1. The Labute approximate surface area is 177 Å². The number of para-hydroxylation sites is 2. The Bertz CT molecular complexity index is 961. The number of aryl methyl sites for hydroxylation is 1. The number of anilines is 2. The molecule has 0 spiro atoms. The van der Waals surface area contributed by atoms with Crippen LogP contribution in [0.3, 0.4) is 0 Å². The lowest BCUT2D eigenvalue weighted by molar-refractivity contribution is 0.251. The molecule has 0 radical (unpaired) electrons. The molecule has 0 aliphatic carbocycles. The van der Waals surface area contributed by atoms with E-state index in [-0.39, 0.29) is 12.1 Å². The number of benzene rings is 2. The van der Waals surface area contributed by atoms with Gasteiger partial charge in [-0.15, -0.1) is 0 Å². The van der Waals surface area contributed by atoms with E-state index >= 15 is 0 Å². The van der Waals surface area contributed by atoms with E-state index in [2.05, 4.69) is 20.2 Å². The third-order valence-corrected chi connectivity index (χ3v) is 4.61. The van der Waals surface area contributed by atoms with E-state index in [0.29, 0.717) is 23.8 Å². The summed E-state index contributed by atoms with van der Waals surface area (Å²) < 4.78 is 5.57. The number of carbonyl (C=O) groups excluding carboxylic acids is 1. The number of hydrogen-bond acceptors (Lipinski definition) is 5. The van der Waals surface area contributed by atoms with Gasteiger partial charge in [0.05, 0.1) is 36.9 Å². The molecule has 0 aliphatic rings. The fourth-order valence-corrected chi connectivity index (χ4v) is 3.23. The minimum atomic E-state index is -0.312. The number of urea groups is 1. The van der Waals surface area contributed by atoms with Gasteiger partial charge < -0.3 is 9.64 Å². The van der Waals surface area contributed by atoms with E-state index < -0.39 is 0 Å². The number of carbonyl (C=O) groups is 1. The predicted octanol–water partition coefficient (Wildman–Crippen LogP) is 4.14. The summed E-state index contributed by atoms with van der Waals surface area (Å²) in [6.45, 7) is 2.47. The Hall–Kier alpha value is -3.45. The van der Waals surface area contributed by atoms with Gasteiger partial charge in [-0.3, -0.25) is 15.2 Å². The molecule has 1 atom stereocenters. The summed E-state index contributed by atoms with van der Waals surface area (Å²) in [5.41, 5.74) is 2.47. The number of nitrogens with one attached hydrogen (secondary N) is 1. The summed E-state index contributed by atoms with van der Waals surface area (Å²) in [6, 6.07) is 16.9. The highest BCUT2D eigenvalue weighted by Crippen LogP contribution is 2.35. The van der Waals surface area contributed by atoms with Crippen molar-refractivity contribution in [3.63, 3.8) is 0 Å². The zero-order valence-corrected chi connectivity index (χ0v) is 17.7. The number of amides is 2. The molecule has 7 heteroatoms. The first-order valence-electron chi connectivity index (χ1n) is 9.71. The second kappa shape index (κ2) is 9.84. The van der Waals surface area contributed by atoms with Crippen molar-refractivity contribution in [3.8, 4) is 5.75 Å². The van der Waals surface area contributed by atoms with Gasteiger partial charge in [-0.2, -0.15) is 0 Å². The fourth-order valence-electron chi connectivity index (χ4n) is 3.23. The maximum Gasteiger partial charge on any atom is 0.328 e. The number of aromatic nitrogens is 2. The fraction of sp³-hybridized carbons (Fsp3) is 0.261. The Kier molecular flexibility index (Phi) is 6.98. The van der Waals surface area contributed by atoms with Gasteiger partial charge in [-0.1, -0.05) is 42.5 Å². The molecule has 2 aromatic carbocycles. The van der Waals surface area contributed by atoms with E-state index in [0.717, 1.165) is 11.3 Å². The van der Waals surface area contributed by atoms with Crippen LogP contribution in [-0.2, 0) is 0 Å². The Balaban J connectivity index is 2.07. The SMILES string of the molecule is COc1ccccc1N(C(=O)Nc1cnc(C)cn1)C(CN(C)C)c1ccccc1. The lowest BCUT2D eigenvalue weighted by Crippen LogP contribution is -2.42. The Morgan fingerprint density at radius 3 is 2.37 bits per heavy atom. The molecule has 2 amide bonds. The van der Waals surface area contributed by atoms with Crippen molar-refractivity contribution < 1.29 is 9.53 Å². The molecular formula is C23H27N5O2. The number of rotatable bonds is 7. The summed E-state index contributed by atoms with van der Waals surface area (Å²) >= 11 is 0. The zero-order valence-electron chi connectivity index (χ0n) is 17.7. The Morgan fingerprint density at radius 2 is 1.73 bits per heavy atom. The minimum absolute atomic E-state index is 0.254. The zero-order chi connectivity index (χ0) is 21.5. The van der Waals surface area contributed by atoms with Crippen molar-refractivity contribution in [1.29, 1.82) is 0 Å². The topological polar surface area (TPSA) is 70.6 Å². The van der Waals surface area contributed by atoms with Gasteiger partial charge in [0.25, 0.3) is 0 Å². The first kappa shape index (κ1) is 21.3. The summed E-state index contributed by atoms with van der Waals surface area (Å²) in [6.07, 6.45) is 3.18. The van der Waals surface area contributed by atoms with E-state index in [1.54, 1.807) is 24.4 Å². The maximum atomic E-state index is 13.5. The summed E-state index contributed by atoms with van der Waals surface area (Å²) in [5, 5.41) is 2.88. The molecule has 3 aromatic rings. The quantitative estimate of drug-likeness (QED) is 0.640. The largest absolute Gasteiger partial charge is 0.495 e. The van der Waals surface area contributed by atoms with Crippen LogP contribution in [0.2, 0.25) is 0 Å². The summed E-state index contributed by atoms with van der Waals surface area (Å²) in [7, 11) is 5.57. The lowest BCUT2D eigenvalue weighted by atomic mass is 10.0. The third kappa shape index (κ3) is 5.12. The van der Waals surface area contributed by atoms with Gasteiger partial charge in [0, 0.05) is 6.54 Å². The van der Waals surface area contributed by atoms with E-state index in [9.17, 15) is 4.79 Å². The van der Waals surface area contributed by atoms with Crippen LogP contribution >= 0.6 is 0 Å². The highest BCUT2D eigenvalue weighted by Gasteiger charge is 2.30. The monoisotopic (exact) mass is 405 g/mol. The van der Waals surface area contributed by atoms with E-state index in [1.807, 2.05) is 75.6 Å². The molecular weight excluding hydrogens is 378 g/mol. The summed E-state index contributed by atoms with van der Waals surface area (Å²) in [5.74, 6) is 1.00. The highest BCUT2D eigenvalue weighted by atomic mass is 16.5. The van der Waals surface area contributed by atoms with Crippen molar-refractivity contribution >= 4 is 17.5 Å². The molecule has 0 saturated carbocycles. The van der Waals surface area contributed by atoms with Crippen LogP contribution in [0.15, 0.2) is 67.0 Å².